The smallest absolute Gasteiger partial charge is 0.407 e. The van der Waals surface area contributed by atoms with Gasteiger partial charge in [0.1, 0.15) is 0 Å². The van der Waals surface area contributed by atoms with Crippen LogP contribution >= 0.6 is 0 Å². The van der Waals surface area contributed by atoms with Crippen LogP contribution < -0.4 is 5.32 Å². The molecule has 0 saturated carbocycles. The molecule has 1 heterocycles. The van der Waals surface area contributed by atoms with Crippen molar-refractivity contribution in [2.45, 2.75) is 26.4 Å². The Morgan fingerprint density at radius 3 is 3.00 bits per heavy atom. The Labute approximate surface area is 91.2 Å². The van der Waals surface area contributed by atoms with E-state index in [9.17, 15) is 4.79 Å². The monoisotopic (exact) mass is 210 g/mol. The maximum Gasteiger partial charge on any atom is 0.407 e. The topological polar surface area (TPSA) is 51.2 Å². The summed E-state index contributed by atoms with van der Waals surface area (Å²) in [6, 6.07) is 5.72. The van der Waals surface area contributed by atoms with Gasteiger partial charge in [-0.15, -0.1) is 0 Å². The molecule has 0 aliphatic heterocycles. The highest BCUT2D eigenvalue weighted by atomic mass is 16.6. The summed E-state index contributed by atoms with van der Waals surface area (Å²) in [5.41, 5.74) is 0.961. The third-order valence-electron chi connectivity index (χ3n) is 1.72. The molecular weight excluding hydrogens is 192 g/mol. The highest BCUT2D eigenvalue weighted by Gasteiger charge is 2.03. The number of carbonyl (C=O) groups is 1. The van der Waals surface area contributed by atoms with Crippen LogP contribution in [-0.4, -0.2) is 23.7 Å². The summed E-state index contributed by atoms with van der Waals surface area (Å²) in [6.45, 7) is 4.18. The highest BCUT2D eigenvalue weighted by Crippen LogP contribution is 1.94. The minimum atomic E-state index is -0.374. The van der Waals surface area contributed by atoms with E-state index < -0.39 is 0 Å². The average molecular weight is 210 g/mol. The standard InChI is InChI=1S/C11H16N2O2.H2/c1-9(2)15-11(14)13-8-6-10-5-3-4-7-12-10;/h3-5,7,9H,6,8H2,1-2H3,(H,13,14);1H. The van der Waals surface area contributed by atoms with E-state index in [2.05, 4.69) is 10.3 Å². The number of pyridine rings is 1. The summed E-state index contributed by atoms with van der Waals surface area (Å²) in [7, 11) is 0. The molecule has 0 aliphatic rings. The van der Waals surface area contributed by atoms with E-state index in [0.29, 0.717) is 13.0 Å². The van der Waals surface area contributed by atoms with Crippen molar-refractivity contribution in [3.05, 3.63) is 30.1 Å². The van der Waals surface area contributed by atoms with Crippen molar-refractivity contribution in [2.75, 3.05) is 6.54 Å². The molecule has 0 bridgehead atoms. The van der Waals surface area contributed by atoms with Gasteiger partial charge in [0.15, 0.2) is 0 Å². The fourth-order valence-electron chi connectivity index (χ4n) is 1.09. The van der Waals surface area contributed by atoms with Crippen LogP contribution in [0.1, 0.15) is 21.0 Å². The second-order valence-corrected chi connectivity index (χ2v) is 3.45. The first-order chi connectivity index (χ1) is 7.18. The molecule has 0 atom stereocenters. The van der Waals surface area contributed by atoms with Gasteiger partial charge in [-0.1, -0.05) is 6.07 Å². The maximum atomic E-state index is 11.1. The molecule has 0 saturated heterocycles. The number of hydrogen-bond donors (Lipinski definition) is 1. The van der Waals surface area contributed by atoms with Crippen molar-refractivity contribution >= 4 is 6.09 Å². The summed E-state index contributed by atoms with van der Waals surface area (Å²) in [5.74, 6) is 0. The number of alkyl carbamates (subject to hydrolysis) is 1. The lowest BCUT2D eigenvalue weighted by Crippen LogP contribution is -2.28. The van der Waals surface area contributed by atoms with Gasteiger partial charge in [-0.05, 0) is 26.0 Å². The van der Waals surface area contributed by atoms with Gasteiger partial charge in [-0.25, -0.2) is 4.79 Å². The molecule has 4 heteroatoms. The molecule has 1 rings (SSSR count). The van der Waals surface area contributed by atoms with Crippen molar-refractivity contribution in [2.24, 2.45) is 0 Å². The minimum absolute atomic E-state index is 0. The average Bonchev–Trinajstić information content (AvgIpc) is 2.18. The quantitative estimate of drug-likeness (QED) is 0.827. The highest BCUT2D eigenvalue weighted by molar-refractivity contribution is 5.67. The third kappa shape index (κ3) is 5.00. The lowest BCUT2D eigenvalue weighted by molar-refractivity contribution is 0.116. The number of hydrogen-bond acceptors (Lipinski definition) is 3. The van der Waals surface area contributed by atoms with E-state index in [1.807, 2.05) is 32.0 Å². The molecule has 1 amide bonds. The normalized spacial score (nSPS) is 10.1. The fourth-order valence-corrected chi connectivity index (χ4v) is 1.09. The van der Waals surface area contributed by atoms with Gasteiger partial charge in [0.25, 0.3) is 0 Å². The SMILES string of the molecule is CC(C)OC(=O)NCCc1ccccn1.[HH]. The Kier molecular flexibility index (Phi) is 4.60. The number of nitrogens with one attached hydrogen (secondary N) is 1. The van der Waals surface area contributed by atoms with Crippen LogP contribution in [0.15, 0.2) is 24.4 Å². The van der Waals surface area contributed by atoms with Crippen molar-refractivity contribution in [3.8, 4) is 0 Å². The van der Waals surface area contributed by atoms with E-state index in [1.54, 1.807) is 6.20 Å². The second kappa shape index (κ2) is 6.01. The van der Waals surface area contributed by atoms with E-state index >= 15 is 0 Å². The molecule has 0 aliphatic carbocycles. The zero-order valence-corrected chi connectivity index (χ0v) is 9.06. The Hall–Kier alpha value is -1.58. The molecule has 1 aromatic rings. The largest absolute Gasteiger partial charge is 0.447 e. The van der Waals surface area contributed by atoms with Gasteiger partial charge < -0.3 is 10.1 Å². The van der Waals surface area contributed by atoms with Gasteiger partial charge in [0.05, 0.1) is 6.10 Å². The molecule has 0 aromatic carbocycles. The van der Waals surface area contributed by atoms with Crippen molar-refractivity contribution < 1.29 is 11.0 Å². The zero-order valence-electron chi connectivity index (χ0n) is 9.06. The summed E-state index contributed by atoms with van der Waals surface area (Å²) in [5, 5.41) is 2.66. The maximum absolute atomic E-state index is 11.1. The second-order valence-electron chi connectivity index (χ2n) is 3.45. The minimum Gasteiger partial charge on any atom is -0.447 e. The predicted molar refractivity (Wildman–Crippen MR) is 59.7 cm³/mol. The molecule has 0 radical (unpaired) electrons. The van der Waals surface area contributed by atoms with Crippen molar-refractivity contribution in [1.82, 2.24) is 10.3 Å². The van der Waals surface area contributed by atoms with Crippen LogP contribution in [0.2, 0.25) is 0 Å². The molecule has 84 valence electrons. The molecule has 4 nitrogen and oxygen atoms in total. The van der Waals surface area contributed by atoms with Crippen LogP contribution in [0.5, 0.6) is 0 Å². The van der Waals surface area contributed by atoms with E-state index in [0.717, 1.165) is 5.69 Å². The lowest BCUT2D eigenvalue weighted by atomic mass is 10.3. The first kappa shape index (κ1) is 11.5. The van der Waals surface area contributed by atoms with Crippen LogP contribution in [0.25, 0.3) is 0 Å². The summed E-state index contributed by atoms with van der Waals surface area (Å²) in [6.07, 6.45) is 2.00. The van der Waals surface area contributed by atoms with Crippen molar-refractivity contribution in [1.29, 1.82) is 0 Å². The van der Waals surface area contributed by atoms with E-state index in [-0.39, 0.29) is 13.6 Å². The number of aromatic nitrogens is 1. The predicted octanol–water partition coefficient (Wildman–Crippen LogP) is 2.00. The number of amides is 1. The Morgan fingerprint density at radius 2 is 2.40 bits per heavy atom. The number of carbonyl (C=O) groups excluding carboxylic acids is 1. The van der Waals surface area contributed by atoms with Crippen molar-refractivity contribution in [3.63, 3.8) is 0 Å². The zero-order chi connectivity index (χ0) is 11.1. The van der Waals surface area contributed by atoms with E-state index in [4.69, 9.17) is 4.74 Å². The molecule has 0 unspecified atom stereocenters. The first-order valence-electron chi connectivity index (χ1n) is 5.03. The van der Waals surface area contributed by atoms with Gasteiger partial charge in [0.2, 0.25) is 0 Å². The van der Waals surface area contributed by atoms with Gasteiger partial charge in [-0.2, -0.15) is 0 Å². The fraction of sp³-hybridized carbons (Fsp3) is 0.455. The van der Waals surface area contributed by atoms with Crippen LogP contribution in [0, 0.1) is 0 Å². The Balaban J connectivity index is 0.00000225. The number of rotatable bonds is 4. The lowest BCUT2D eigenvalue weighted by Gasteiger charge is -2.08. The Morgan fingerprint density at radius 1 is 1.60 bits per heavy atom. The van der Waals surface area contributed by atoms with E-state index in [1.165, 1.54) is 0 Å². The summed E-state index contributed by atoms with van der Waals surface area (Å²) < 4.78 is 4.92. The molecule has 0 fully saturated rings. The Bertz CT molecular complexity index is 304. The molecular formula is C11H18N2O2. The van der Waals surface area contributed by atoms with Gasteiger partial charge >= 0.3 is 6.09 Å². The summed E-state index contributed by atoms with van der Waals surface area (Å²) in [4.78, 5) is 15.2. The van der Waals surface area contributed by atoms with Crippen LogP contribution in [0.3, 0.4) is 0 Å². The van der Waals surface area contributed by atoms with Crippen LogP contribution in [-0.2, 0) is 11.2 Å². The summed E-state index contributed by atoms with van der Waals surface area (Å²) >= 11 is 0. The molecule has 0 spiro atoms. The molecule has 1 aromatic heterocycles. The van der Waals surface area contributed by atoms with Gasteiger partial charge in [-0.3, -0.25) is 4.98 Å². The number of nitrogens with zero attached hydrogens (tertiary/aromatic N) is 1. The number of ether oxygens (including phenoxy) is 1. The van der Waals surface area contributed by atoms with Gasteiger partial charge in [0, 0.05) is 26.3 Å². The first-order valence-corrected chi connectivity index (χ1v) is 5.03. The third-order valence-corrected chi connectivity index (χ3v) is 1.72. The van der Waals surface area contributed by atoms with Crippen LogP contribution in [0.4, 0.5) is 4.79 Å². The molecule has 1 N–H and O–H groups in total. The molecule has 15 heavy (non-hydrogen) atoms.